The van der Waals surface area contributed by atoms with Crippen LogP contribution in [0.15, 0.2) is 42.5 Å². The fourth-order valence-electron chi connectivity index (χ4n) is 4.24. The molecule has 0 unspecified atom stereocenters. The first-order chi connectivity index (χ1) is 14.6. The molecule has 31 heavy (non-hydrogen) atoms. The number of hydrogen-bond donors (Lipinski definition) is 0. The summed E-state index contributed by atoms with van der Waals surface area (Å²) >= 11 is 0. The van der Waals surface area contributed by atoms with Crippen molar-refractivity contribution in [2.45, 2.75) is 65.6 Å². The van der Waals surface area contributed by atoms with Gasteiger partial charge in [0.2, 0.25) is 0 Å². The van der Waals surface area contributed by atoms with E-state index in [0.717, 1.165) is 35.5 Å². The van der Waals surface area contributed by atoms with Gasteiger partial charge in [-0.25, -0.2) is 4.39 Å². The third-order valence-corrected chi connectivity index (χ3v) is 6.09. The molecule has 0 aromatic heterocycles. The predicted octanol–water partition coefficient (Wildman–Crippen LogP) is 4.93. The summed E-state index contributed by atoms with van der Waals surface area (Å²) in [7, 11) is 0. The van der Waals surface area contributed by atoms with Crippen molar-refractivity contribution in [3.63, 3.8) is 0 Å². The number of amides is 1. The molecule has 1 fully saturated rings. The Kier molecular flexibility index (Phi) is 7.05. The van der Waals surface area contributed by atoms with Crippen LogP contribution < -0.4 is 4.74 Å². The minimum Gasteiger partial charge on any atom is -0.483 e. The first-order valence-corrected chi connectivity index (χ1v) is 11.1. The highest BCUT2D eigenvalue weighted by atomic mass is 19.1. The smallest absolute Gasteiger partial charge is 0.260 e. The fraction of sp³-hybridized carbons (Fsp3) is 0.500. The van der Waals surface area contributed by atoms with Crippen molar-refractivity contribution in [3.05, 3.63) is 65.0 Å². The molecule has 0 saturated carbocycles. The zero-order chi connectivity index (χ0) is 22.8. The lowest BCUT2D eigenvalue weighted by atomic mass is 9.85. The summed E-state index contributed by atoms with van der Waals surface area (Å²) in [5, 5.41) is 0. The van der Waals surface area contributed by atoms with Crippen LogP contribution in [-0.2, 0) is 16.8 Å². The Morgan fingerprint density at radius 3 is 2.39 bits per heavy atom. The van der Waals surface area contributed by atoms with E-state index in [4.69, 9.17) is 4.74 Å². The quantitative estimate of drug-likeness (QED) is 0.680. The average molecular weight is 427 g/mol. The van der Waals surface area contributed by atoms with Crippen LogP contribution in [0.25, 0.3) is 0 Å². The number of nitrogens with zero attached hydrogens (tertiary/aromatic N) is 2. The van der Waals surface area contributed by atoms with Gasteiger partial charge in [0, 0.05) is 31.7 Å². The minimum atomic E-state index is -0.219. The molecule has 0 radical (unpaired) electrons. The van der Waals surface area contributed by atoms with Crippen molar-refractivity contribution < 1.29 is 13.9 Å². The van der Waals surface area contributed by atoms with E-state index < -0.39 is 0 Å². The first kappa shape index (κ1) is 23.3. The van der Waals surface area contributed by atoms with Gasteiger partial charge in [-0.05, 0) is 55.0 Å². The lowest BCUT2D eigenvalue weighted by Gasteiger charge is -2.44. The monoisotopic (exact) mass is 426 g/mol. The van der Waals surface area contributed by atoms with Crippen LogP contribution in [0.3, 0.4) is 0 Å². The molecule has 2 aromatic rings. The van der Waals surface area contributed by atoms with Gasteiger partial charge in [-0.1, -0.05) is 51.1 Å². The summed E-state index contributed by atoms with van der Waals surface area (Å²) in [5.41, 5.74) is 3.19. The lowest BCUT2D eigenvalue weighted by Crippen LogP contribution is -2.58. The number of hydrogen-bond acceptors (Lipinski definition) is 3. The second-order valence-corrected chi connectivity index (χ2v) is 9.79. The number of ether oxygens (including phenoxy) is 1. The first-order valence-electron chi connectivity index (χ1n) is 11.1. The lowest BCUT2D eigenvalue weighted by molar-refractivity contribution is -0.139. The van der Waals surface area contributed by atoms with Gasteiger partial charge in [0.15, 0.2) is 6.61 Å². The van der Waals surface area contributed by atoms with Crippen molar-refractivity contribution in [1.82, 2.24) is 9.80 Å². The zero-order valence-corrected chi connectivity index (χ0v) is 19.6. The van der Waals surface area contributed by atoms with Gasteiger partial charge in [-0.15, -0.1) is 0 Å². The Balaban J connectivity index is 1.63. The molecule has 0 bridgehead atoms. The number of carbonyl (C=O) groups excluding carboxylic acids is 1. The van der Waals surface area contributed by atoms with Gasteiger partial charge in [0.1, 0.15) is 11.6 Å². The van der Waals surface area contributed by atoms with E-state index >= 15 is 0 Å². The Bertz CT molecular complexity index is 905. The van der Waals surface area contributed by atoms with Crippen LogP contribution in [0.4, 0.5) is 4.39 Å². The predicted molar refractivity (Wildman–Crippen MR) is 123 cm³/mol. The van der Waals surface area contributed by atoms with Crippen molar-refractivity contribution in [1.29, 1.82) is 0 Å². The molecular formula is C26H35FN2O2. The van der Waals surface area contributed by atoms with Crippen LogP contribution in [0, 0.1) is 12.7 Å². The van der Waals surface area contributed by atoms with Gasteiger partial charge >= 0.3 is 0 Å². The van der Waals surface area contributed by atoms with Gasteiger partial charge < -0.3 is 9.64 Å². The van der Waals surface area contributed by atoms with Crippen LogP contribution in [-0.4, -0.2) is 47.5 Å². The molecule has 5 heteroatoms. The molecule has 1 heterocycles. The summed E-state index contributed by atoms with van der Waals surface area (Å²) in [6, 6.07) is 13.1. The van der Waals surface area contributed by atoms with E-state index in [9.17, 15) is 9.18 Å². The molecule has 1 aliphatic rings. The maximum absolute atomic E-state index is 13.2. The highest BCUT2D eigenvalue weighted by Gasteiger charge is 2.32. The Morgan fingerprint density at radius 1 is 1.06 bits per heavy atom. The molecule has 2 aromatic carbocycles. The van der Waals surface area contributed by atoms with Crippen molar-refractivity contribution >= 4 is 5.91 Å². The number of aryl methyl sites for hydroxylation is 1. The normalized spacial score (nSPS) is 20.0. The van der Waals surface area contributed by atoms with Gasteiger partial charge in [-0.2, -0.15) is 0 Å². The van der Waals surface area contributed by atoms with Gasteiger partial charge in [0.05, 0.1) is 0 Å². The van der Waals surface area contributed by atoms with E-state index in [-0.39, 0.29) is 35.8 Å². The van der Waals surface area contributed by atoms with E-state index in [0.29, 0.717) is 6.54 Å². The number of benzene rings is 2. The Morgan fingerprint density at radius 2 is 1.74 bits per heavy atom. The number of piperazine rings is 1. The third-order valence-electron chi connectivity index (χ3n) is 6.09. The molecule has 0 N–H and O–H groups in total. The Labute approximate surface area is 186 Å². The Hall–Kier alpha value is -2.40. The summed E-state index contributed by atoms with van der Waals surface area (Å²) in [4.78, 5) is 17.3. The number of rotatable bonds is 5. The minimum absolute atomic E-state index is 0.0175. The second-order valence-electron chi connectivity index (χ2n) is 9.79. The second kappa shape index (κ2) is 9.39. The molecule has 0 spiro atoms. The SMILES string of the molecule is Cc1cccc(C(C)(C)C)c1OCC(=O)N1C[C@@H](C)N(Cc2ccc(F)cc2)C[C@@H]1C. The number of carbonyl (C=O) groups is 1. The van der Waals surface area contributed by atoms with Crippen LogP contribution in [0.5, 0.6) is 5.75 Å². The molecule has 1 aliphatic heterocycles. The third kappa shape index (κ3) is 5.65. The molecule has 4 nitrogen and oxygen atoms in total. The van der Waals surface area contributed by atoms with Crippen molar-refractivity contribution in [3.8, 4) is 5.75 Å². The molecule has 0 aliphatic carbocycles. The molecule has 3 rings (SSSR count). The molecule has 2 atom stereocenters. The van der Waals surface area contributed by atoms with E-state index in [2.05, 4.69) is 45.6 Å². The van der Waals surface area contributed by atoms with Crippen LogP contribution in [0.1, 0.15) is 51.3 Å². The standard InChI is InChI=1S/C26H35FN2O2/c1-18-8-7-9-23(26(4,5)6)25(18)31-17-24(30)29-15-19(2)28(14-20(29)3)16-21-10-12-22(27)13-11-21/h7-13,19-20H,14-17H2,1-6H3/t19-,20+/m1/s1. The van der Waals surface area contributed by atoms with Crippen LogP contribution in [0.2, 0.25) is 0 Å². The van der Waals surface area contributed by atoms with E-state index in [1.54, 1.807) is 0 Å². The zero-order valence-electron chi connectivity index (χ0n) is 19.6. The number of para-hydroxylation sites is 1. The summed E-state index contributed by atoms with van der Waals surface area (Å²) in [6.45, 7) is 14.9. The highest BCUT2D eigenvalue weighted by Crippen LogP contribution is 2.33. The molecule has 1 saturated heterocycles. The van der Waals surface area contributed by atoms with Crippen molar-refractivity contribution in [2.24, 2.45) is 0 Å². The highest BCUT2D eigenvalue weighted by molar-refractivity contribution is 5.78. The van der Waals surface area contributed by atoms with E-state index in [1.807, 2.05) is 36.1 Å². The summed E-state index contributed by atoms with van der Waals surface area (Å²) < 4.78 is 19.3. The largest absolute Gasteiger partial charge is 0.483 e. The van der Waals surface area contributed by atoms with E-state index in [1.165, 1.54) is 12.1 Å². The average Bonchev–Trinajstić information content (AvgIpc) is 2.70. The summed E-state index contributed by atoms with van der Waals surface area (Å²) in [5.74, 6) is 0.617. The molecule has 1 amide bonds. The van der Waals surface area contributed by atoms with Gasteiger partial charge in [0.25, 0.3) is 5.91 Å². The van der Waals surface area contributed by atoms with Gasteiger partial charge in [-0.3, -0.25) is 9.69 Å². The molecular weight excluding hydrogens is 391 g/mol. The topological polar surface area (TPSA) is 32.8 Å². The number of halogens is 1. The molecule has 168 valence electrons. The summed E-state index contributed by atoms with van der Waals surface area (Å²) in [6.07, 6.45) is 0. The maximum Gasteiger partial charge on any atom is 0.260 e. The maximum atomic E-state index is 13.2. The van der Waals surface area contributed by atoms with Crippen LogP contribution >= 0.6 is 0 Å². The fourth-order valence-corrected chi connectivity index (χ4v) is 4.24. The van der Waals surface area contributed by atoms with Crippen molar-refractivity contribution in [2.75, 3.05) is 19.7 Å².